The van der Waals surface area contributed by atoms with Gasteiger partial charge in [-0.3, -0.25) is 19.4 Å². The predicted molar refractivity (Wildman–Crippen MR) is 88.3 cm³/mol. The third kappa shape index (κ3) is 2.59. The van der Waals surface area contributed by atoms with Crippen molar-refractivity contribution in [2.75, 3.05) is 6.54 Å². The molecule has 0 saturated carbocycles. The van der Waals surface area contributed by atoms with Gasteiger partial charge in [-0.2, -0.15) is 0 Å². The predicted octanol–water partition coefficient (Wildman–Crippen LogP) is 0.987. The molecular formula is C17H22N4O2. The van der Waals surface area contributed by atoms with E-state index < -0.39 is 0 Å². The lowest BCUT2D eigenvalue weighted by Crippen LogP contribution is -2.37. The molecule has 1 aliphatic rings. The second-order valence-corrected chi connectivity index (χ2v) is 6.19. The number of benzene rings is 1. The lowest BCUT2D eigenvalue weighted by molar-refractivity contribution is 0.0730. The Morgan fingerprint density at radius 1 is 1.30 bits per heavy atom. The standard InChI is InChI=1S/C17H22N4O2/c1-10-6-12(7-11(2)14(10)8-18)17(23)21-5-4-13-15(9-21)20(3)19-16(13)22/h6-7H,4-5,8-9,18H2,1-3H3,(H,19,22). The number of nitrogens with two attached hydrogens (primary N) is 1. The molecule has 6 nitrogen and oxygen atoms in total. The average molecular weight is 314 g/mol. The summed E-state index contributed by atoms with van der Waals surface area (Å²) in [5.74, 6) is -0.000861. The van der Waals surface area contributed by atoms with E-state index in [9.17, 15) is 9.59 Å². The third-order valence-electron chi connectivity index (χ3n) is 4.70. The van der Waals surface area contributed by atoms with Gasteiger partial charge in [-0.15, -0.1) is 0 Å². The molecular weight excluding hydrogens is 292 g/mol. The molecule has 0 fully saturated rings. The summed E-state index contributed by atoms with van der Waals surface area (Å²) >= 11 is 0. The summed E-state index contributed by atoms with van der Waals surface area (Å²) in [6, 6.07) is 3.81. The van der Waals surface area contributed by atoms with Gasteiger partial charge in [-0.1, -0.05) is 0 Å². The molecule has 1 aliphatic heterocycles. The highest BCUT2D eigenvalue weighted by Crippen LogP contribution is 2.21. The molecule has 1 aromatic carbocycles. The van der Waals surface area contributed by atoms with Crippen LogP contribution in [0.25, 0.3) is 0 Å². The van der Waals surface area contributed by atoms with E-state index >= 15 is 0 Å². The van der Waals surface area contributed by atoms with Crippen molar-refractivity contribution in [2.24, 2.45) is 12.8 Å². The van der Waals surface area contributed by atoms with Crippen molar-refractivity contribution in [2.45, 2.75) is 33.4 Å². The van der Waals surface area contributed by atoms with Crippen LogP contribution in [-0.2, 0) is 26.6 Å². The van der Waals surface area contributed by atoms with Crippen LogP contribution in [0.2, 0.25) is 0 Å². The molecule has 1 amide bonds. The van der Waals surface area contributed by atoms with Crippen LogP contribution in [0.4, 0.5) is 0 Å². The Morgan fingerprint density at radius 2 is 1.96 bits per heavy atom. The van der Waals surface area contributed by atoms with Gasteiger partial charge in [0, 0.05) is 31.3 Å². The number of carbonyl (C=O) groups is 1. The first kappa shape index (κ1) is 15.6. The number of hydrogen-bond donors (Lipinski definition) is 2. The first-order chi connectivity index (χ1) is 10.9. The number of rotatable bonds is 2. The molecule has 122 valence electrons. The Bertz CT molecular complexity index is 809. The van der Waals surface area contributed by atoms with E-state index in [-0.39, 0.29) is 11.5 Å². The fourth-order valence-electron chi connectivity index (χ4n) is 3.38. The number of aromatic amines is 1. The van der Waals surface area contributed by atoms with Crippen LogP contribution in [0.3, 0.4) is 0 Å². The van der Waals surface area contributed by atoms with Crippen molar-refractivity contribution < 1.29 is 4.79 Å². The number of amides is 1. The molecule has 0 unspecified atom stereocenters. The summed E-state index contributed by atoms with van der Waals surface area (Å²) in [7, 11) is 1.80. The van der Waals surface area contributed by atoms with Gasteiger partial charge in [0.25, 0.3) is 11.5 Å². The largest absolute Gasteiger partial charge is 0.332 e. The molecule has 3 rings (SSSR count). The fourth-order valence-corrected chi connectivity index (χ4v) is 3.38. The van der Waals surface area contributed by atoms with Gasteiger partial charge in [0.1, 0.15) is 0 Å². The number of carbonyl (C=O) groups excluding carboxylic acids is 1. The van der Waals surface area contributed by atoms with E-state index in [2.05, 4.69) is 5.10 Å². The van der Waals surface area contributed by atoms with Gasteiger partial charge < -0.3 is 10.6 Å². The smallest absolute Gasteiger partial charge is 0.267 e. The Balaban J connectivity index is 1.90. The van der Waals surface area contributed by atoms with Crippen LogP contribution in [0.15, 0.2) is 16.9 Å². The van der Waals surface area contributed by atoms with E-state index in [0.717, 1.165) is 27.9 Å². The number of nitrogens with one attached hydrogen (secondary N) is 1. The molecule has 2 aromatic rings. The number of fused-ring (bicyclic) bond motifs is 1. The van der Waals surface area contributed by atoms with Gasteiger partial charge in [-0.25, -0.2) is 0 Å². The molecule has 1 aromatic heterocycles. The van der Waals surface area contributed by atoms with Crippen LogP contribution in [-0.4, -0.2) is 27.1 Å². The SMILES string of the molecule is Cc1cc(C(=O)N2CCc3c(n(C)[nH]c3=O)C2)cc(C)c1CN. The highest BCUT2D eigenvalue weighted by molar-refractivity contribution is 5.95. The molecule has 0 aliphatic carbocycles. The monoisotopic (exact) mass is 314 g/mol. The number of hydrogen-bond acceptors (Lipinski definition) is 3. The van der Waals surface area contributed by atoms with Crippen molar-refractivity contribution >= 4 is 5.91 Å². The van der Waals surface area contributed by atoms with E-state index in [1.54, 1.807) is 16.6 Å². The van der Waals surface area contributed by atoms with Crippen LogP contribution < -0.4 is 11.3 Å². The Kier molecular flexibility index (Phi) is 3.85. The maximum absolute atomic E-state index is 12.8. The first-order valence-corrected chi connectivity index (χ1v) is 7.78. The fraction of sp³-hybridized carbons (Fsp3) is 0.412. The summed E-state index contributed by atoms with van der Waals surface area (Å²) < 4.78 is 1.71. The molecule has 3 N–H and O–H groups in total. The van der Waals surface area contributed by atoms with Gasteiger partial charge in [0.2, 0.25) is 0 Å². The van der Waals surface area contributed by atoms with Crippen molar-refractivity contribution in [1.29, 1.82) is 0 Å². The topological polar surface area (TPSA) is 84.1 Å². The van der Waals surface area contributed by atoms with Crippen LogP contribution in [0.1, 0.15) is 38.3 Å². The first-order valence-electron chi connectivity index (χ1n) is 7.78. The maximum Gasteiger partial charge on any atom is 0.267 e. The highest BCUT2D eigenvalue weighted by atomic mass is 16.2. The molecule has 23 heavy (non-hydrogen) atoms. The molecule has 0 saturated heterocycles. The van der Waals surface area contributed by atoms with Crippen LogP contribution in [0, 0.1) is 13.8 Å². The van der Waals surface area contributed by atoms with Gasteiger partial charge in [0.05, 0.1) is 12.2 Å². The minimum atomic E-state index is -0.0476. The Morgan fingerprint density at radius 3 is 2.57 bits per heavy atom. The van der Waals surface area contributed by atoms with E-state index in [1.807, 2.05) is 26.0 Å². The average Bonchev–Trinajstić information content (AvgIpc) is 2.80. The van der Waals surface area contributed by atoms with Crippen molar-refractivity contribution in [1.82, 2.24) is 14.7 Å². The zero-order valence-electron chi connectivity index (χ0n) is 13.8. The zero-order chi connectivity index (χ0) is 16.7. The number of aromatic nitrogens is 2. The normalized spacial score (nSPS) is 14.0. The molecule has 0 bridgehead atoms. The van der Waals surface area contributed by atoms with Crippen LogP contribution >= 0.6 is 0 Å². The summed E-state index contributed by atoms with van der Waals surface area (Å²) in [6.45, 7) is 5.47. The number of H-pyrrole nitrogens is 1. The zero-order valence-corrected chi connectivity index (χ0v) is 13.8. The lowest BCUT2D eigenvalue weighted by Gasteiger charge is -2.27. The summed E-state index contributed by atoms with van der Waals surface area (Å²) in [4.78, 5) is 26.4. The molecule has 0 atom stereocenters. The van der Waals surface area contributed by atoms with Gasteiger partial charge in [0.15, 0.2) is 0 Å². The maximum atomic E-state index is 12.8. The van der Waals surface area contributed by atoms with E-state index in [4.69, 9.17) is 5.73 Å². The van der Waals surface area contributed by atoms with Crippen molar-refractivity contribution in [3.05, 3.63) is 56.0 Å². The molecule has 0 spiro atoms. The number of nitrogens with zero attached hydrogens (tertiary/aromatic N) is 2. The lowest BCUT2D eigenvalue weighted by atomic mass is 9.98. The second kappa shape index (κ2) is 5.70. The third-order valence-corrected chi connectivity index (χ3v) is 4.70. The highest BCUT2D eigenvalue weighted by Gasteiger charge is 2.26. The van der Waals surface area contributed by atoms with Crippen molar-refractivity contribution in [3.63, 3.8) is 0 Å². The summed E-state index contributed by atoms with van der Waals surface area (Å²) in [6.07, 6.45) is 0.593. The summed E-state index contributed by atoms with van der Waals surface area (Å²) in [5, 5.41) is 2.76. The second-order valence-electron chi connectivity index (χ2n) is 6.19. The van der Waals surface area contributed by atoms with Crippen LogP contribution in [0.5, 0.6) is 0 Å². The minimum Gasteiger partial charge on any atom is -0.332 e. The van der Waals surface area contributed by atoms with Crippen molar-refractivity contribution in [3.8, 4) is 0 Å². The molecule has 0 radical (unpaired) electrons. The Hall–Kier alpha value is -2.34. The van der Waals surface area contributed by atoms with Gasteiger partial charge in [-0.05, 0) is 49.1 Å². The van der Waals surface area contributed by atoms with E-state index in [1.165, 1.54) is 0 Å². The molecule has 2 heterocycles. The van der Waals surface area contributed by atoms with Gasteiger partial charge >= 0.3 is 0 Å². The minimum absolute atomic E-state index is 0.000861. The Labute approximate surface area is 134 Å². The van der Waals surface area contributed by atoms with E-state index in [0.29, 0.717) is 31.6 Å². The number of aryl methyl sites for hydroxylation is 3. The quantitative estimate of drug-likeness (QED) is 0.867. The molecule has 6 heteroatoms. The summed E-state index contributed by atoms with van der Waals surface area (Å²) in [5.41, 5.74) is 11.3.